The predicted octanol–water partition coefficient (Wildman–Crippen LogP) is 1.86. The number of nitrogens with one attached hydrogen (secondary N) is 1. The van der Waals surface area contributed by atoms with Gasteiger partial charge in [0.15, 0.2) is 6.61 Å². The summed E-state index contributed by atoms with van der Waals surface area (Å²) >= 11 is 0. The van der Waals surface area contributed by atoms with Gasteiger partial charge >= 0.3 is 11.9 Å². The zero-order valence-corrected chi connectivity index (χ0v) is 13.9. The van der Waals surface area contributed by atoms with Crippen molar-refractivity contribution < 1.29 is 23.9 Å². The Hall–Kier alpha value is -2.37. The Balaban J connectivity index is 2.60. The summed E-state index contributed by atoms with van der Waals surface area (Å²) in [6.07, 6.45) is 0.697. The van der Waals surface area contributed by atoms with Crippen molar-refractivity contribution in [1.29, 1.82) is 0 Å². The molecule has 1 aromatic carbocycles. The highest BCUT2D eigenvalue weighted by molar-refractivity contribution is 5.93. The highest BCUT2D eigenvalue weighted by Gasteiger charge is 2.27. The molecule has 23 heavy (non-hydrogen) atoms. The summed E-state index contributed by atoms with van der Waals surface area (Å²) in [5.74, 6) is -1.71. The number of rotatable bonds is 7. The van der Waals surface area contributed by atoms with E-state index in [4.69, 9.17) is 4.74 Å². The number of methoxy groups -OCH3 is 1. The Bertz CT molecular complexity index is 570. The van der Waals surface area contributed by atoms with Crippen molar-refractivity contribution in [2.75, 3.05) is 13.7 Å². The maximum absolute atomic E-state index is 11.9. The average molecular weight is 321 g/mol. The van der Waals surface area contributed by atoms with E-state index in [2.05, 4.69) is 10.1 Å². The number of benzene rings is 1. The molecule has 1 N–H and O–H groups in total. The Labute approximate surface area is 136 Å². The minimum atomic E-state index is -0.755. The number of esters is 2. The Kier molecular flexibility index (Phi) is 7.25. The van der Waals surface area contributed by atoms with Crippen LogP contribution >= 0.6 is 0 Å². The lowest BCUT2D eigenvalue weighted by Crippen LogP contribution is -2.47. The molecular weight excluding hydrogens is 298 g/mol. The maximum Gasteiger partial charge on any atom is 0.338 e. The minimum absolute atomic E-state index is 0.0848. The van der Waals surface area contributed by atoms with Gasteiger partial charge in [-0.2, -0.15) is 0 Å². The first-order valence-corrected chi connectivity index (χ1v) is 7.50. The Morgan fingerprint density at radius 3 is 2.43 bits per heavy atom. The fourth-order valence-electron chi connectivity index (χ4n) is 2.02. The van der Waals surface area contributed by atoms with E-state index in [0.29, 0.717) is 12.0 Å². The molecule has 6 nitrogen and oxygen atoms in total. The van der Waals surface area contributed by atoms with Crippen LogP contribution in [0.1, 0.15) is 36.2 Å². The lowest BCUT2D eigenvalue weighted by Gasteiger charge is -2.21. The van der Waals surface area contributed by atoms with Gasteiger partial charge in [0.25, 0.3) is 5.91 Å². The average Bonchev–Trinajstić information content (AvgIpc) is 2.56. The van der Waals surface area contributed by atoms with Gasteiger partial charge < -0.3 is 14.8 Å². The zero-order chi connectivity index (χ0) is 17.4. The topological polar surface area (TPSA) is 81.7 Å². The molecule has 1 aromatic rings. The van der Waals surface area contributed by atoms with Gasteiger partial charge in [-0.15, -0.1) is 0 Å². The number of ether oxygens (including phenoxy) is 2. The lowest BCUT2D eigenvalue weighted by atomic mass is 9.99. The van der Waals surface area contributed by atoms with Crippen LogP contribution in [0.5, 0.6) is 0 Å². The molecule has 0 fully saturated rings. The lowest BCUT2D eigenvalue weighted by molar-refractivity contribution is -0.147. The van der Waals surface area contributed by atoms with E-state index in [1.807, 2.05) is 19.9 Å². The van der Waals surface area contributed by atoms with Crippen molar-refractivity contribution in [2.24, 2.45) is 5.92 Å². The molecular formula is C17H23NO5. The van der Waals surface area contributed by atoms with Crippen LogP contribution < -0.4 is 5.32 Å². The third-order valence-electron chi connectivity index (χ3n) is 3.68. The van der Waals surface area contributed by atoms with Gasteiger partial charge in [0.1, 0.15) is 6.04 Å². The van der Waals surface area contributed by atoms with Crippen molar-refractivity contribution in [2.45, 2.75) is 33.2 Å². The first-order valence-electron chi connectivity index (χ1n) is 7.50. The van der Waals surface area contributed by atoms with Crippen molar-refractivity contribution in [3.63, 3.8) is 0 Å². The minimum Gasteiger partial charge on any atom is -0.467 e. The molecule has 6 heteroatoms. The molecule has 0 aliphatic rings. The van der Waals surface area contributed by atoms with Crippen LogP contribution in [0.3, 0.4) is 0 Å². The smallest absolute Gasteiger partial charge is 0.338 e. The fraction of sp³-hybridized carbons (Fsp3) is 0.471. The SMILES string of the molecule is CC[C@@H](C)[C@@H](NC(=O)COC(=O)c1ccccc1C)C(=O)OC. The Morgan fingerprint density at radius 1 is 1.22 bits per heavy atom. The van der Waals surface area contributed by atoms with Crippen molar-refractivity contribution >= 4 is 17.8 Å². The molecule has 0 radical (unpaired) electrons. The standard InChI is InChI=1S/C17H23NO5/c1-5-11(2)15(17(21)22-4)18-14(19)10-23-16(20)13-9-7-6-8-12(13)3/h6-9,11,15H,5,10H2,1-4H3,(H,18,19)/t11-,15-/m1/s1. The van der Waals surface area contributed by atoms with E-state index < -0.39 is 30.5 Å². The summed E-state index contributed by atoms with van der Waals surface area (Å²) in [5.41, 5.74) is 1.18. The number of aryl methyl sites for hydroxylation is 1. The van der Waals surface area contributed by atoms with Crippen molar-refractivity contribution in [3.05, 3.63) is 35.4 Å². The number of amides is 1. The molecule has 0 heterocycles. The molecule has 2 atom stereocenters. The van der Waals surface area contributed by atoms with Crippen LogP contribution in [-0.4, -0.2) is 37.6 Å². The van der Waals surface area contributed by atoms with Crippen LogP contribution in [-0.2, 0) is 19.1 Å². The summed E-state index contributed by atoms with van der Waals surface area (Å²) < 4.78 is 9.68. The molecule has 0 aliphatic carbocycles. The molecule has 0 aromatic heterocycles. The second-order valence-electron chi connectivity index (χ2n) is 5.34. The van der Waals surface area contributed by atoms with E-state index in [0.717, 1.165) is 5.56 Å². The normalized spacial score (nSPS) is 12.9. The molecule has 0 saturated carbocycles. The van der Waals surface area contributed by atoms with Crippen LogP contribution in [0.15, 0.2) is 24.3 Å². The highest BCUT2D eigenvalue weighted by Crippen LogP contribution is 2.10. The predicted molar refractivity (Wildman–Crippen MR) is 84.9 cm³/mol. The van der Waals surface area contributed by atoms with Crippen LogP contribution in [0.25, 0.3) is 0 Å². The summed E-state index contributed by atoms with van der Waals surface area (Å²) in [4.78, 5) is 35.6. The van der Waals surface area contributed by atoms with Gasteiger partial charge in [0, 0.05) is 0 Å². The summed E-state index contributed by atoms with van der Waals surface area (Å²) in [7, 11) is 1.27. The van der Waals surface area contributed by atoms with Crippen LogP contribution in [0, 0.1) is 12.8 Å². The largest absolute Gasteiger partial charge is 0.467 e. The van der Waals surface area contributed by atoms with Crippen molar-refractivity contribution in [3.8, 4) is 0 Å². The number of hydrogen-bond acceptors (Lipinski definition) is 5. The summed E-state index contributed by atoms with van der Waals surface area (Å²) in [6.45, 7) is 5.08. The quantitative estimate of drug-likeness (QED) is 0.775. The van der Waals surface area contributed by atoms with Crippen molar-refractivity contribution in [1.82, 2.24) is 5.32 Å². The third-order valence-corrected chi connectivity index (χ3v) is 3.68. The molecule has 126 valence electrons. The number of hydrogen-bond donors (Lipinski definition) is 1. The highest BCUT2D eigenvalue weighted by atomic mass is 16.5. The van der Waals surface area contributed by atoms with Gasteiger partial charge in [-0.3, -0.25) is 4.79 Å². The van der Waals surface area contributed by atoms with Crippen LogP contribution in [0.2, 0.25) is 0 Å². The monoisotopic (exact) mass is 321 g/mol. The molecule has 1 rings (SSSR count). The van der Waals surface area contributed by atoms with E-state index in [1.54, 1.807) is 25.1 Å². The molecule has 0 spiro atoms. The number of carbonyl (C=O) groups excluding carboxylic acids is 3. The third kappa shape index (κ3) is 5.39. The van der Waals surface area contributed by atoms with Gasteiger partial charge in [-0.25, -0.2) is 9.59 Å². The molecule has 0 bridgehead atoms. The van der Waals surface area contributed by atoms with E-state index >= 15 is 0 Å². The molecule has 0 aliphatic heterocycles. The first kappa shape index (κ1) is 18.7. The molecule has 1 amide bonds. The van der Waals surface area contributed by atoms with E-state index in [9.17, 15) is 14.4 Å². The first-order chi connectivity index (χ1) is 10.9. The summed E-state index contributed by atoms with van der Waals surface area (Å²) in [6, 6.07) is 6.19. The van der Waals surface area contributed by atoms with E-state index in [-0.39, 0.29) is 5.92 Å². The molecule has 0 unspecified atom stereocenters. The van der Waals surface area contributed by atoms with Gasteiger partial charge in [0.2, 0.25) is 0 Å². The number of carbonyl (C=O) groups is 3. The van der Waals surface area contributed by atoms with Gasteiger partial charge in [-0.1, -0.05) is 38.5 Å². The molecule has 0 saturated heterocycles. The maximum atomic E-state index is 11.9. The van der Waals surface area contributed by atoms with E-state index in [1.165, 1.54) is 7.11 Å². The Morgan fingerprint density at radius 2 is 1.87 bits per heavy atom. The summed E-state index contributed by atoms with van der Waals surface area (Å²) in [5, 5.41) is 2.55. The second kappa shape index (κ2) is 8.92. The van der Waals surface area contributed by atoms with Gasteiger partial charge in [-0.05, 0) is 24.5 Å². The van der Waals surface area contributed by atoms with Crippen LogP contribution in [0.4, 0.5) is 0 Å². The second-order valence-corrected chi connectivity index (χ2v) is 5.34. The zero-order valence-electron chi connectivity index (χ0n) is 13.9. The van der Waals surface area contributed by atoms with Gasteiger partial charge in [0.05, 0.1) is 12.7 Å². The fourth-order valence-corrected chi connectivity index (χ4v) is 2.02.